The summed E-state index contributed by atoms with van der Waals surface area (Å²) in [5, 5.41) is 8.92. The smallest absolute Gasteiger partial charge is 0.241 e. The fourth-order valence-electron chi connectivity index (χ4n) is 0. The van der Waals surface area contributed by atoms with E-state index in [1.165, 1.54) is 0 Å². The molecule has 1 radical (unpaired) electrons. The molecule has 0 saturated heterocycles. The van der Waals surface area contributed by atoms with Gasteiger partial charge in [-0.1, -0.05) is 4.86 Å². The van der Waals surface area contributed by atoms with Crippen molar-refractivity contribution < 1.29 is 4.86 Å². The molecule has 0 unspecified atom stereocenters. The lowest BCUT2D eigenvalue weighted by molar-refractivity contribution is -0.489. The van der Waals surface area contributed by atoms with Gasteiger partial charge in [0, 0.05) is 0 Å². The molecule has 0 spiro atoms. The number of hydrogen-bond acceptors (Lipinski definition) is 2. The third-order valence-electron chi connectivity index (χ3n) is 0. The van der Waals surface area contributed by atoms with Gasteiger partial charge in [-0.25, -0.2) is 0 Å². The standard InChI is InChI=1S/CH3N2O/c1-3(2)4/h2H,1H2. The van der Waals surface area contributed by atoms with Gasteiger partial charge in [-0.2, -0.15) is 0 Å². The van der Waals surface area contributed by atoms with Crippen LogP contribution in [0, 0.1) is 17.8 Å². The number of hydrogen-bond donors (Lipinski definition) is 1. The monoisotopic (exact) mass is 59.0 g/mol. The van der Waals surface area contributed by atoms with Crippen LogP contribution < -0.4 is 0 Å². The summed E-state index contributed by atoms with van der Waals surface area (Å²) in [6, 6.07) is 0. The van der Waals surface area contributed by atoms with Crippen LogP contribution in [0.2, 0.25) is 0 Å². The fourth-order valence-corrected chi connectivity index (χ4v) is 0. The summed E-state index contributed by atoms with van der Waals surface area (Å²) in [4.78, 5) is -0.250. The maximum atomic E-state index is 8.92. The van der Waals surface area contributed by atoms with Crippen LogP contribution >= 0.6 is 0 Å². The summed E-state index contributed by atoms with van der Waals surface area (Å²) in [5.41, 5.74) is 5.75. The number of rotatable bonds is 0. The molecule has 0 bridgehead atoms. The van der Waals surface area contributed by atoms with Crippen LogP contribution in [0.15, 0.2) is 0 Å². The van der Waals surface area contributed by atoms with Gasteiger partial charge in [0.25, 0.3) is 0 Å². The van der Waals surface area contributed by atoms with Crippen LogP contribution in [-0.2, 0) is 0 Å². The van der Waals surface area contributed by atoms with Crippen molar-refractivity contribution in [3.63, 3.8) is 0 Å². The second-order valence-electron chi connectivity index (χ2n) is 0.379. The minimum absolute atomic E-state index is 0.250. The molecule has 0 aliphatic rings. The Morgan fingerprint density at radius 2 is 2.00 bits per heavy atom. The highest BCUT2D eigenvalue weighted by molar-refractivity contribution is 3.90. The molecule has 0 aromatic heterocycles. The Hall–Kier alpha value is -0.600. The Morgan fingerprint density at radius 3 is 2.00 bits per heavy atom. The second-order valence-corrected chi connectivity index (χ2v) is 0.379. The summed E-state index contributed by atoms with van der Waals surface area (Å²) in [6.45, 7) is 0. The van der Waals surface area contributed by atoms with Gasteiger partial charge in [-0.3, -0.25) is 0 Å². The molecule has 0 amide bonds. The first-order valence-electron chi connectivity index (χ1n) is 0.722. The second kappa shape index (κ2) is 0.817. The predicted octanol–water partition coefficient (Wildman–Crippen LogP) is 0.319. The molecular weight excluding hydrogens is 56.0 g/mol. The topological polar surface area (TPSA) is 49.9 Å². The van der Waals surface area contributed by atoms with Crippen LogP contribution in [0.1, 0.15) is 0 Å². The van der Waals surface area contributed by atoms with Gasteiger partial charge in [-0.15, -0.1) is 0 Å². The maximum absolute atomic E-state index is 8.92. The number of nitrogens with one attached hydrogen (secondary N) is 1. The van der Waals surface area contributed by atoms with Crippen molar-refractivity contribution in [3.05, 3.63) is 12.3 Å². The molecule has 0 rings (SSSR count). The highest BCUT2D eigenvalue weighted by Gasteiger charge is 1.50. The molecular formula is CH3N2O. The normalized spacial score (nSPS) is 6.25. The Labute approximate surface area is 23.9 Å². The third-order valence-corrected chi connectivity index (χ3v) is 0. The molecule has 0 heterocycles. The van der Waals surface area contributed by atoms with Crippen molar-refractivity contribution in [2.75, 3.05) is 0 Å². The molecule has 0 aromatic rings. The van der Waals surface area contributed by atoms with Gasteiger partial charge in [0.2, 0.25) is 7.05 Å². The zero-order valence-electron chi connectivity index (χ0n) is 2.06. The molecule has 3 heteroatoms. The van der Waals surface area contributed by atoms with Crippen LogP contribution in [0.4, 0.5) is 0 Å². The van der Waals surface area contributed by atoms with Gasteiger partial charge in [0.05, 0.1) is 0 Å². The zero-order valence-corrected chi connectivity index (χ0v) is 2.06. The van der Waals surface area contributed by atoms with E-state index < -0.39 is 0 Å². The predicted molar refractivity (Wildman–Crippen MR) is 11.7 cm³/mol. The lowest BCUT2D eigenvalue weighted by Crippen LogP contribution is -1.73. The van der Waals surface area contributed by atoms with Gasteiger partial charge in [0.1, 0.15) is 0 Å². The molecule has 0 atom stereocenters. The van der Waals surface area contributed by atoms with Crippen LogP contribution in [0.5, 0.6) is 0 Å². The zero-order chi connectivity index (χ0) is 3.58. The van der Waals surface area contributed by atoms with Crippen LogP contribution in [0.3, 0.4) is 0 Å². The number of hydroxylamine groups is 1. The van der Waals surface area contributed by atoms with Crippen molar-refractivity contribution in [3.8, 4) is 0 Å². The van der Waals surface area contributed by atoms with E-state index in [1.807, 2.05) is 0 Å². The van der Waals surface area contributed by atoms with E-state index in [4.69, 9.17) is 10.7 Å². The maximum Gasteiger partial charge on any atom is 0.241 e. The molecule has 1 N–H and O–H groups in total. The Bertz CT molecular complexity index is 29.0. The van der Waals surface area contributed by atoms with Crippen molar-refractivity contribution in [2.45, 2.75) is 0 Å². The van der Waals surface area contributed by atoms with Gasteiger partial charge < -0.3 is 5.21 Å². The Morgan fingerprint density at radius 1 is 2.00 bits per heavy atom. The SMILES string of the molecule is [CH2][N+](=N)[O-]. The largest absolute Gasteiger partial charge is 0.600 e. The van der Waals surface area contributed by atoms with E-state index in [9.17, 15) is 0 Å². The first kappa shape index (κ1) is 3.40. The summed E-state index contributed by atoms with van der Waals surface area (Å²) >= 11 is 0. The van der Waals surface area contributed by atoms with E-state index in [1.54, 1.807) is 0 Å². The summed E-state index contributed by atoms with van der Waals surface area (Å²) in [6.07, 6.45) is 0. The van der Waals surface area contributed by atoms with Crippen molar-refractivity contribution in [2.24, 2.45) is 0 Å². The lowest BCUT2D eigenvalue weighted by Gasteiger charge is -1.75. The van der Waals surface area contributed by atoms with Crippen molar-refractivity contribution in [1.29, 1.82) is 5.53 Å². The Balaban J connectivity index is 2.80. The molecule has 0 fully saturated rings. The van der Waals surface area contributed by atoms with E-state index in [0.717, 1.165) is 0 Å². The molecule has 0 aromatic carbocycles. The first-order valence-corrected chi connectivity index (χ1v) is 0.722. The Kier molecular flexibility index (Phi) is 0.694. The average Bonchev–Trinajstić information content (AvgIpc) is 0.811. The van der Waals surface area contributed by atoms with Crippen LogP contribution in [-0.4, -0.2) is 4.86 Å². The minimum Gasteiger partial charge on any atom is -0.600 e. The molecule has 0 aliphatic heterocycles. The first-order chi connectivity index (χ1) is 1.73. The van der Waals surface area contributed by atoms with Gasteiger partial charge in [0.15, 0.2) is 0 Å². The highest BCUT2D eigenvalue weighted by Crippen LogP contribution is 1.46. The summed E-state index contributed by atoms with van der Waals surface area (Å²) in [5.74, 6) is 0. The van der Waals surface area contributed by atoms with Crippen LogP contribution in [0.25, 0.3) is 0 Å². The lowest BCUT2D eigenvalue weighted by atomic mass is 11.5. The average molecular weight is 59.0 g/mol. The summed E-state index contributed by atoms with van der Waals surface area (Å²) in [7, 11) is 2.58. The highest BCUT2D eigenvalue weighted by atomic mass is 16.5. The van der Waals surface area contributed by atoms with Crippen molar-refractivity contribution in [1.82, 2.24) is 0 Å². The molecule has 23 valence electrons. The van der Waals surface area contributed by atoms with Gasteiger partial charge in [-0.05, 0) is 5.53 Å². The van der Waals surface area contributed by atoms with E-state index >= 15 is 0 Å². The van der Waals surface area contributed by atoms with Gasteiger partial charge >= 0.3 is 0 Å². The quantitative estimate of drug-likeness (QED) is 0.244. The molecule has 0 saturated carbocycles. The number of nitrogens with zero attached hydrogens (tertiary/aromatic N) is 1. The molecule has 3 nitrogen and oxygen atoms in total. The van der Waals surface area contributed by atoms with Crippen molar-refractivity contribution >= 4 is 0 Å². The van der Waals surface area contributed by atoms with E-state index in [-0.39, 0.29) is 4.86 Å². The summed E-state index contributed by atoms with van der Waals surface area (Å²) < 4.78 is 0. The third kappa shape index (κ3) is 0.622. The molecule has 4 heavy (non-hydrogen) atoms. The van der Waals surface area contributed by atoms with E-state index in [2.05, 4.69) is 7.05 Å². The van der Waals surface area contributed by atoms with E-state index in [0.29, 0.717) is 0 Å². The fraction of sp³-hybridized carbons (Fsp3) is 0. The minimum atomic E-state index is -0.250. The molecule has 0 aliphatic carbocycles.